The van der Waals surface area contributed by atoms with Gasteiger partial charge in [0, 0.05) is 16.7 Å². The molecule has 0 saturated heterocycles. The fourth-order valence-electron chi connectivity index (χ4n) is 2.00. The molecule has 1 fully saturated rings. The first-order valence-electron chi connectivity index (χ1n) is 5.84. The topological polar surface area (TPSA) is 49.3 Å². The Balaban J connectivity index is 2.15. The van der Waals surface area contributed by atoms with Gasteiger partial charge in [-0.2, -0.15) is 0 Å². The summed E-state index contributed by atoms with van der Waals surface area (Å²) >= 11 is 3.28. The molecule has 0 aliphatic heterocycles. The summed E-state index contributed by atoms with van der Waals surface area (Å²) < 4.78 is 0.622. The zero-order chi connectivity index (χ0) is 12.5. The minimum atomic E-state index is -0.902. The van der Waals surface area contributed by atoms with Gasteiger partial charge in [0.2, 0.25) is 0 Å². The van der Waals surface area contributed by atoms with E-state index in [1.165, 1.54) is 12.8 Å². The Kier molecular flexibility index (Phi) is 3.43. The molecule has 1 aromatic rings. The molecule has 1 aliphatic rings. The van der Waals surface area contributed by atoms with Crippen LogP contribution in [0, 0.1) is 5.41 Å². The Hall–Kier alpha value is -1.03. The third-order valence-corrected chi connectivity index (χ3v) is 4.25. The van der Waals surface area contributed by atoms with E-state index in [1.54, 1.807) is 6.07 Å². The van der Waals surface area contributed by atoms with Crippen LogP contribution in [0.1, 0.15) is 36.5 Å². The monoisotopic (exact) mass is 297 g/mol. The van der Waals surface area contributed by atoms with Crippen LogP contribution in [-0.4, -0.2) is 17.6 Å². The lowest BCUT2D eigenvalue weighted by Crippen LogP contribution is -2.16. The van der Waals surface area contributed by atoms with Crippen molar-refractivity contribution in [1.29, 1.82) is 0 Å². The van der Waals surface area contributed by atoms with Crippen molar-refractivity contribution in [2.24, 2.45) is 5.41 Å². The van der Waals surface area contributed by atoms with E-state index in [0.717, 1.165) is 13.0 Å². The molecule has 2 N–H and O–H groups in total. The molecule has 0 spiro atoms. The first kappa shape index (κ1) is 12.4. The summed E-state index contributed by atoms with van der Waals surface area (Å²) in [4.78, 5) is 11.2. The van der Waals surface area contributed by atoms with Crippen molar-refractivity contribution in [2.75, 3.05) is 11.9 Å². The molecule has 92 valence electrons. The zero-order valence-electron chi connectivity index (χ0n) is 9.79. The molecule has 0 unspecified atom stereocenters. The highest BCUT2D eigenvalue weighted by atomic mass is 79.9. The smallest absolute Gasteiger partial charge is 0.338 e. The maximum absolute atomic E-state index is 11.2. The Labute approximate surface area is 109 Å². The number of hydrogen-bond donors (Lipinski definition) is 2. The lowest BCUT2D eigenvalue weighted by Gasteiger charge is -2.16. The molecule has 2 rings (SSSR count). The number of halogens is 1. The second-order valence-electron chi connectivity index (χ2n) is 4.67. The van der Waals surface area contributed by atoms with Crippen molar-refractivity contribution in [3.63, 3.8) is 0 Å². The lowest BCUT2D eigenvalue weighted by molar-refractivity contribution is 0.0697. The molecule has 17 heavy (non-hydrogen) atoms. The second-order valence-corrected chi connectivity index (χ2v) is 5.53. The van der Waals surface area contributed by atoms with Crippen molar-refractivity contribution >= 4 is 27.6 Å². The molecule has 1 aromatic carbocycles. The summed E-state index contributed by atoms with van der Waals surface area (Å²) in [5.74, 6) is -0.902. The van der Waals surface area contributed by atoms with Crippen LogP contribution in [0.25, 0.3) is 0 Å². The van der Waals surface area contributed by atoms with Crippen LogP contribution < -0.4 is 5.32 Å². The molecular formula is C13H16BrNO2. The number of carbonyl (C=O) groups is 1. The minimum absolute atomic E-state index is 0.319. The van der Waals surface area contributed by atoms with Crippen molar-refractivity contribution in [3.05, 3.63) is 28.2 Å². The number of rotatable bonds is 5. The van der Waals surface area contributed by atoms with E-state index in [9.17, 15) is 9.90 Å². The fourth-order valence-corrected chi connectivity index (χ4v) is 2.54. The van der Waals surface area contributed by atoms with Gasteiger partial charge in [0.15, 0.2) is 0 Å². The van der Waals surface area contributed by atoms with Crippen LogP contribution in [0.4, 0.5) is 5.69 Å². The molecule has 0 amide bonds. The largest absolute Gasteiger partial charge is 0.478 e. The molecule has 0 radical (unpaired) electrons. The van der Waals surface area contributed by atoms with Crippen molar-refractivity contribution in [2.45, 2.75) is 26.2 Å². The van der Waals surface area contributed by atoms with Gasteiger partial charge in [-0.25, -0.2) is 4.79 Å². The maximum atomic E-state index is 11.2. The van der Waals surface area contributed by atoms with Gasteiger partial charge in [-0.05, 0) is 52.7 Å². The number of aromatic carboxylic acids is 1. The standard InChI is InChI=1S/C13H16BrNO2/c1-2-13(6-7-13)8-15-10-5-3-4-9(14)11(10)12(16)17/h3-5,15H,2,6-8H2,1H3,(H,16,17). The number of carboxylic acid groups (broad SMARTS) is 1. The maximum Gasteiger partial charge on any atom is 0.338 e. The first-order valence-corrected chi connectivity index (χ1v) is 6.63. The molecular weight excluding hydrogens is 282 g/mol. The third-order valence-electron chi connectivity index (χ3n) is 3.59. The van der Waals surface area contributed by atoms with E-state index >= 15 is 0 Å². The predicted octanol–water partition coefficient (Wildman–Crippen LogP) is 3.75. The molecule has 0 heterocycles. The second kappa shape index (κ2) is 4.69. The lowest BCUT2D eigenvalue weighted by atomic mass is 10.0. The van der Waals surface area contributed by atoms with Gasteiger partial charge >= 0.3 is 5.97 Å². The minimum Gasteiger partial charge on any atom is -0.478 e. The number of benzene rings is 1. The Morgan fingerprint density at radius 1 is 1.53 bits per heavy atom. The van der Waals surface area contributed by atoms with E-state index in [4.69, 9.17) is 0 Å². The zero-order valence-corrected chi connectivity index (χ0v) is 11.4. The summed E-state index contributed by atoms with van der Waals surface area (Å²) in [6, 6.07) is 5.42. The van der Waals surface area contributed by atoms with Crippen LogP contribution in [0.15, 0.2) is 22.7 Å². The first-order chi connectivity index (χ1) is 8.08. The van der Waals surface area contributed by atoms with Crippen molar-refractivity contribution in [1.82, 2.24) is 0 Å². The predicted molar refractivity (Wildman–Crippen MR) is 71.5 cm³/mol. The van der Waals surface area contributed by atoms with Crippen molar-refractivity contribution in [3.8, 4) is 0 Å². The number of anilines is 1. The molecule has 4 heteroatoms. The summed E-state index contributed by atoms with van der Waals surface area (Å²) in [5, 5.41) is 12.5. The van der Waals surface area contributed by atoms with Crippen LogP contribution >= 0.6 is 15.9 Å². The van der Waals surface area contributed by atoms with Gasteiger partial charge in [0.25, 0.3) is 0 Å². The van der Waals surface area contributed by atoms with Gasteiger partial charge in [0.05, 0.1) is 5.56 Å². The quantitative estimate of drug-likeness (QED) is 0.870. The highest BCUT2D eigenvalue weighted by molar-refractivity contribution is 9.10. The van der Waals surface area contributed by atoms with E-state index in [1.807, 2.05) is 12.1 Å². The molecule has 0 aromatic heterocycles. The van der Waals surface area contributed by atoms with E-state index in [-0.39, 0.29) is 0 Å². The molecule has 1 aliphatic carbocycles. The number of carboxylic acids is 1. The number of nitrogens with one attached hydrogen (secondary N) is 1. The van der Waals surface area contributed by atoms with Gasteiger partial charge < -0.3 is 10.4 Å². The van der Waals surface area contributed by atoms with Gasteiger partial charge in [0.1, 0.15) is 0 Å². The average Bonchev–Trinajstić information content (AvgIpc) is 3.06. The highest BCUT2D eigenvalue weighted by Crippen LogP contribution is 2.48. The van der Waals surface area contributed by atoms with Crippen LogP contribution in [0.2, 0.25) is 0 Å². The van der Waals surface area contributed by atoms with Crippen LogP contribution in [0.3, 0.4) is 0 Å². The van der Waals surface area contributed by atoms with Crippen LogP contribution in [0.5, 0.6) is 0 Å². The highest BCUT2D eigenvalue weighted by Gasteiger charge is 2.40. The SMILES string of the molecule is CCC1(CNc2cccc(Br)c2C(=O)O)CC1. The number of hydrogen-bond acceptors (Lipinski definition) is 2. The summed E-state index contributed by atoms with van der Waals surface area (Å²) in [6.07, 6.45) is 3.64. The van der Waals surface area contributed by atoms with E-state index < -0.39 is 5.97 Å². The Morgan fingerprint density at radius 3 is 2.76 bits per heavy atom. The molecule has 1 saturated carbocycles. The van der Waals surface area contributed by atoms with Crippen molar-refractivity contribution < 1.29 is 9.90 Å². The molecule has 0 atom stereocenters. The normalized spacial score (nSPS) is 16.6. The van der Waals surface area contributed by atoms with Crippen LogP contribution in [-0.2, 0) is 0 Å². The van der Waals surface area contributed by atoms with Gasteiger partial charge in [-0.1, -0.05) is 13.0 Å². The van der Waals surface area contributed by atoms with E-state index in [2.05, 4.69) is 28.2 Å². The molecule has 0 bridgehead atoms. The average molecular weight is 298 g/mol. The van der Waals surface area contributed by atoms with Gasteiger partial charge in [-0.15, -0.1) is 0 Å². The summed E-state index contributed by atoms with van der Waals surface area (Å²) in [7, 11) is 0. The fraction of sp³-hybridized carbons (Fsp3) is 0.462. The van der Waals surface area contributed by atoms with Gasteiger partial charge in [-0.3, -0.25) is 0 Å². The molecule has 3 nitrogen and oxygen atoms in total. The summed E-state index contributed by atoms with van der Waals surface area (Å²) in [6.45, 7) is 3.05. The third kappa shape index (κ3) is 2.63. The Bertz CT molecular complexity index is 441. The summed E-state index contributed by atoms with van der Waals surface area (Å²) in [5.41, 5.74) is 1.42. The van der Waals surface area contributed by atoms with E-state index in [0.29, 0.717) is 21.1 Å². The Morgan fingerprint density at radius 2 is 2.24 bits per heavy atom.